The molecule has 0 fully saturated rings. The normalized spacial score (nSPS) is 12.5. The maximum Gasteiger partial charge on any atom is 0.524 e. The van der Waals surface area contributed by atoms with E-state index in [1.165, 1.54) is 6.07 Å². The Kier molecular flexibility index (Phi) is 4.33. The fourth-order valence-corrected chi connectivity index (χ4v) is 2.06. The van der Waals surface area contributed by atoms with Crippen LogP contribution in [-0.2, 0) is 9.98 Å². The van der Waals surface area contributed by atoms with Crippen LogP contribution in [0.4, 0.5) is 0 Å². The van der Waals surface area contributed by atoms with Crippen LogP contribution in [0.2, 0.25) is 0 Å². The first-order valence-electron chi connectivity index (χ1n) is 5.22. The fraction of sp³-hybridized carbons (Fsp3) is 0.455. The highest BCUT2D eigenvalue weighted by Crippen LogP contribution is 2.42. The molecule has 0 aliphatic rings. The second kappa shape index (κ2) is 5.19. The lowest BCUT2D eigenvalue weighted by Crippen LogP contribution is -2.19. The quantitative estimate of drug-likeness (QED) is 0.703. The molecular formula is C11H17O5P. The summed E-state index contributed by atoms with van der Waals surface area (Å²) in [4.78, 5) is 17.7. The summed E-state index contributed by atoms with van der Waals surface area (Å²) in [7, 11) is -4.57. The Morgan fingerprint density at radius 3 is 2.41 bits per heavy atom. The van der Waals surface area contributed by atoms with Crippen molar-refractivity contribution in [3.8, 4) is 5.75 Å². The van der Waals surface area contributed by atoms with Gasteiger partial charge in [-0.3, -0.25) is 9.79 Å². The Morgan fingerprint density at radius 1 is 1.29 bits per heavy atom. The minimum absolute atomic E-state index is 0.00273. The molecule has 0 atom stereocenters. The van der Waals surface area contributed by atoms with E-state index in [9.17, 15) is 4.57 Å². The lowest BCUT2D eigenvalue weighted by Gasteiger charge is -2.26. The third kappa shape index (κ3) is 4.13. The molecular weight excluding hydrogens is 243 g/mol. The Labute approximate surface area is 100 Å². The third-order valence-corrected chi connectivity index (χ3v) is 3.00. The molecule has 3 N–H and O–H groups in total. The maximum absolute atomic E-state index is 10.9. The first-order chi connectivity index (χ1) is 7.76. The molecule has 0 heterocycles. The van der Waals surface area contributed by atoms with Crippen molar-refractivity contribution in [3.63, 3.8) is 0 Å². The summed E-state index contributed by atoms with van der Waals surface area (Å²) in [5.41, 5.74) is 0.248. The number of phosphoric ester groups is 1. The van der Waals surface area contributed by atoms with Gasteiger partial charge in [-0.05, 0) is 17.9 Å². The molecule has 0 saturated heterocycles. The van der Waals surface area contributed by atoms with E-state index in [0.717, 1.165) is 0 Å². The molecule has 0 amide bonds. The van der Waals surface area contributed by atoms with Gasteiger partial charge in [-0.1, -0.05) is 32.0 Å². The SMILES string of the molecule is CC(C)(CCO)c1ccccc1OP(=O)(O)O. The van der Waals surface area contributed by atoms with Crippen LogP contribution in [0.1, 0.15) is 25.8 Å². The zero-order chi connectivity index (χ0) is 13.1. The highest BCUT2D eigenvalue weighted by Gasteiger charge is 2.26. The molecule has 17 heavy (non-hydrogen) atoms. The molecule has 1 aromatic rings. The molecule has 96 valence electrons. The number of benzene rings is 1. The Bertz CT molecular complexity index is 424. The lowest BCUT2D eigenvalue weighted by atomic mass is 9.81. The molecule has 0 saturated carbocycles. The van der Waals surface area contributed by atoms with Crippen LogP contribution in [0, 0.1) is 0 Å². The maximum atomic E-state index is 10.9. The van der Waals surface area contributed by atoms with Gasteiger partial charge in [0, 0.05) is 12.2 Å². The predicted molar refractivity (Wildman–Crippen MR) is 63.8 cm³/mol. The van der Waals surface area contributed by atoms with E-state index in [4.69, 9.17) is 14.9 Å². The largest absolute Gasteiger partial charge is 0.524 e. The van der Waals surface area contributed by atoms with Gasteiger partial charge in [-0.25, -0.2) is 4.57 Å². The van der Waals surface area contributed by atoms with Crippen molar-refractivity contribution in [3.05, 3.63) is 29.8 Å². The average molecular weight is 260 g/mol. The topological polar surface area (TPSA) is 87.0 Å². The highest BCUT2D eigenvalue weighted by molar-refractivity contribution is 7.46. The van der Waals surface area contributed by atoms with Gasteiger partial charge in [0.2, 0.25) is 0 Å². The number of phosphoric acid groups is 1. The zero-order valence-corrected chi connectivity index (χ0v) is 10.7. The van der Waals surface area contributed by atoms with Crippen molar-refractivity contribution in [2.24, 2.45) is 0 Å². The molecule has 0 radical (unpaired) electrons. The Balaban J connectivity index is 3.12. The van der Waals surface area contributed by atoms with Gasteiger partial charge in [0.15, 0.2) is 0 Å². The number of para-hydroxylation sites is 1. The molecule has 0 spiro atoms. The average Bonchev–Trinajstić information content (AvgIpc) is 2.15. The van der Waals surface area contributed by atoms with Crippen molar-refractivity contribution in [1.82, 2.24) is 0 Å². The fourth-order valence-electron chi connectivity index (χ4n) is 1.65. The molecule has 1 rings (SSSR count). The van der Waals surface area contributed by atoms with Crippen LogP contribution in [-0.4, -0.2) is 21.5 Å². The molecule has 0 bridgehead atoms. The summed E-state index contributed by atoms with van der Waals surface area (Å²) in [6.07, 6.45) is 0.481. The van der Waals surface area contributed by atoms with Gasteiger partial charge in [-0.2, -0.15) is 0 Å². The van der Waals surface area contributed by atoms with Crippen molar-refractivity contribution in [2.75, 3.05) is 6.61 Å². The standard InChI is InChI=1S/C11H17O5P/c1-11(2,7-8-12)9-5-3-4-6-10(9)16-17(13,14)15/h3-6,12H,7-8H2,1-2H3,(H2,13,14,15). The summed E-state index contributed by atoms with van der Waals surface area (Å²) in [6.45, 7) is 3.76. The summed E-state index contributed by atoms with van der Waals surface area (Å²) in [6, 6.07) is 6.65. The molecule has 0 aromatic heterocycles. The minimum Gasteiger partial charge on any atom is -0.404 e. The van der Waals surface area contributed by atoms with E-state index < -0.39 is 13.2 Å². The second-order valence-corrected chi connectivity index (χ2v) is 5.60. The summed E-state index contributed by atoms with van der Waals surface area (Å²) >= 11 is 0. The van der Waals surface area contributed by atoms with Crippen LogP contribution in [0.5, 0.6) is 5.75 Å². The number of aliphatic hydroxyl groups is 1. The van der Waals surface area contributed by atoms with Crippen molar-refractivity contribution >= 4 is 7.82 Å². The summed E-state index contributed by atoms with van der Waals surface area (Å²) in [5, 5.41) is 8.99. The number of rotatable bonds is 5. The van der Waals surface area contributed by atoms with Crippen molar-refractivity contribution in [2.45, 2.75) is 25.7 Å². The van der Waals surface area contributed by atoms with E-state index in [1.807, 2.05) is 13.8 Å². The van der Waals surface area contributed by atoms with Gasteiger partial charge >= 0.3 is 7.82 Å². The van der Waals surface area contributed by atoms with E-state index in [1.54, 1.807) is 18.2 Å². The molecule has 0 unspecified atom stereocenters. The number of hydrogen-bond acceptors (Lipinski definition) is 3. The number of hydrogen-bond donors (Lipinski definition) is 3. The molecule has 5 nitrogen and oxygen atoms in total. The molecule has 0 aliphatic carbocycles. The Morgan fingerprint density at radius 2 is 1.88 bits per heavy atom. The zero-order valence-electron chi connectivity index (χ0n) is 9.83. The number of aliphatic hydroxyl groups excluding tert-OH is 1. The van der Waals surface area contributed by atoms with E-state index in [-0.39, 0.29) is 12.4 Å². The lowest BCUT2D eigenvalue weighted by molar-refractivity contribution is 0.248. The minimum atomic E-state index is -4.57. The first-order valence-corrected chi connectivity index (χ1v) is 6.75. The van der Waals surface area contributed by atoms with Crippen LogP contribution in [0.15, 0.2) is 24.3 Å². The monoisotopic (exact) mass is 260 g/mol. The van der Waals surface area contributed by atoms with E-state index >= 15 is 0 Å². The van der Waals surface area contributed by atoms with Gasteiger partial charge in [-0.15, -0.1) is 0 Å². The second-order valence-electron chi connectivity index (χ2n) is 4.44. The van der Waals surface area contributed by atoms with E-state index in [0.29, 0.717) is 12.0 Å². The smallest absolute Gasteiger partial charge is 0.404 e. The summed E-state index contributed by atoms with van der Waals surface area (Å²) < 4.78 is 15.5. The van der Waals surface area contributed by atoms with Crippen molar-refractivity contribution in [1.29, 1.82) is 0 Å². The third-order valence-electron chi connectivity index (χ3n) is 2.57. The molecule has 0 aliphatic heterocycles. The Hall–Kier alpha value is -0.870. The van der Waals surface area contributed by atoms with E-state index in [2.05, 4.69) is 4.52 Å². The van der Waals surface area contributed by atoms with Gasteiger partial charge in [0.05, 0.1) is 0 Å². The predicted octanol–water partition coefficient (Wildman–Crippen LogP) is 1.82. The van der Waals surface area contributed by atoms with Crippen LogP contribution in [0.3, 0.4) is 0 Å². The van der Waals surface area contributed by atoms with Crippen LogP contribution in [0.25, 0.3) is 0 Å². The first kappa shape index (κ1) is 14.2. The van der Waals surface area contributed by atoms with Gasteiger partial charge in [0.1, 0.15) is 5.75 Å². The highest BCUT2D eigenvalue weighted by atomic mass is 31.2. The summed E-state index contributed by atoms with van der Waals surface area (Å²) in [5.74, 6) is 0.152. The van der Waals surface area contributed by atoms with Crippen LogP contribution < -0.4 is 4.52 Å². The molecule has 6 heteroatoms. The van der Waals surface area contributed by atoms with Gasteiger partial charge in [0.25, 0.3) is 0 Å². The van der Waals surface area contributed by atoms with Crippen LogP contribution >= 0.6 is 7.82 Å². The molecule has 1 aromatic carbocycles. The van der Waals surface area contributed by atoms with Gasteiger partial charge < -0.3 is 9.63 Å². The van der Waals surface area contributed by atoms with Crippen molar-refractivity contribution < 1.29 is 24.0 Å².